The van der Waals surface area contributed by atoms with Crippen LogP contribution >= 0.6 is 0 Å². The number of aryl methyl sites for hydroxylation is 1. The molecular formula is C19H22N2O4. The predicted molar refractivity (Wildman–Crippen MR) is 95.4 cm³/mol. The van der Waals surface area contributed by atoms with E-state index in [2.05, 4.69) is 10.6 Å². The van der Waals surface area contributed by atoms with Gasteiger partial charge in [0.2, 0.25) is 0 Å². The highest BCUT2D eigenvalue weighted by atomic mass is 16.5. The first kappa shape index (κ1) is 18.3. The predicted octanol–water partition coefficient (Wildman–Crippen LogP) is 2.17. The number of carbonyl (C=O) groups is 2. The molecule has 0 aliphatic rings. The summed E-state index contributed by atoms with van der Waals surface area (Å²) in [7, 11) is 3.05. The maximum Gasteiger partial charge on any atom is 0.251 e. The summed E-state index contributed by atoms with van der Waals surface area (Å²) in [6, 6.07) is 12.3. The Bertz CT molecular complexity index is 719. The number of rotatable bonds is 7. The fourth-order valence-electron chi connectivity index (χ4n) is 2.20. The largest absolute Gasteiger partial charge is 0.497 e. The molecule has 0 aliphatic carbocycles. The van der Waals surface area contributed by atoms with Crippen molar-refractivity contribution in [1.82, 2.24) is 10.6 Å². The lowest BCUT2D eigenvalue weighted by molar-refractivity contribution is 0.0927. The van der Waals surface area contributed by atoms with E-state index in [9.17, 15) is 9.59 Å². The third-order valence-electron chi connectivity index (χ3n) is 3.62. The number of hydrogen-bond acceptors (Lipinski definition) is 4. The number of carbonyl (C=O) groups excluding carboxylic acids is 2. The molecule has 0 fully saturated rings. The molecule has 0 saturated carbocycles. The number of nitrogens with one attached hydrogen (secondary N) is 2. The molecule has 2 rings (SSSR count). The van der Waals surface area contributed by atoms with Gasteiger partial charge >= 0.3 is 0 Å². The van der Waals surface area contributed by atoms with Crippen LogP contribution in [-0.2, 0) is 0 Å². The summed E-state index contributed by atoms with van der Waals surface area (Å²) in [4.78, 5) is 24.2. The average molecular weight is 342 g/mol. The van der Waals surface area contributed by atoms with Crippen LogP contribution < -0.4 is 20.1 Å². The first-order chi connectivity index (χ1) is 12.0. The van der Waals surface area contributed by atoms with E-state index in [0.29, 0.717) is 35.7 Å². The molecule has 2 aromatic rings. The van der Waals surface area contributed by atoms with Gasteiger partial charge in [-0.1, -0.05) is 17.7 Å². The van der Waals surface area contributed by atoms with Crippen LogP contribution in [0.2, 0.25) is 0 Å². The van der Waals surface area contributed by atoms with Gasteiger partial charge in [-0.05, 0) is 31.2 Å². The molecule has 0 radical (unpaired) electrons. The van der Waals surface area contributed by atoms with Gasteiger partial charge in [-0.3, -0.25) is 9.59 Å². The highest BCUT2D eigenvalue weighted by Gasteiger charge is 2.10. The first-order valence-corrected chi connectivity index (χ1v) is 7.89. The van der Waals surface area contributed by atoms with Gasteiger partial charge in [0.1, 0.15) is 11.5 Å². The van der Waals surface area contributed by atoms with Crippen molar-refractivity contribution in [2.45, 2.75) is 6.92 Å². The fraction of sp³-hybridized carbons (Fsp3) is 0.263. The molecule has 132 valence electrons. The molecule has 0 heterocycles. The zero-order chi connectivity index (χ0) is 18.2. The van der Waals surface area contributed by atoms with Crippen LogP contribution in [0.5, 0.6) is 11.5 Å². The summed E-state index contributed by atoms with van der Waals surface area (Å²) < 4.78 is 10.3. The third kappa shape index (κ3) is 5.24. The van der Waals surface area contributed by atoms with E-state index in [0.717, 1.165) is 5.56 Å². The molecule has 6 nitrogen and oxygen atoms in total. The Morgan fingerprint density at radius 2 is 1.28 bits per heavy atom. The van der Waals surface area contributed by atoms with Gasteiger partial charge < -0.3 is 20.1 Å². The van der Waals surface area contributed by atoms with E-state index < -0.39 is 0 Å². The molecule has 2 N–H and O–H groups in total. The molecule has 6 heteroatoms. The van der Waals surface area contributed by atoms with Gasteiger partial charge in [0.15, 0.2) is 0 Å². The van der Waals surface area contributed by atoms with Crippen molar-refractivity contribution in [2.75, 3.05) is 27.3 Å². The number of ether oxygens (including phenoxy) is 2. The first-order valence-electron chi connectivity index (χ1n) is 7.89. The summed E-state index contributed by atoms with van der Waals surface area (Å²) in [5.41, 5.74) is 2.12. The van der Waals surface area contributed by atoms with Gasteiger partial charge in [-0.2, -0.15) is 0 Å². The van der Waals surface area contributed by atoms with Crippen molar-refractivity contribution < 1.29 is 19.1 Å². The summed E-state index contributed by atoms with van der Waals surface area (Å²) >= 11 is 0. The summed E-state index contributed by atoms with van der Waals surface area (Å²) in [5, 5.41) is 5.52. The highest BCUT2D eigenvalue weighted by molar-refractivity contribution is 5.95. The Kier molecular flexibility index (Phi) is 6.39. The van der Waals surface area contributed by atoms with Gasteiger partial charge in [0.05, 0.1) is 14.2 Å². The zero-order valence-electron chi connectivity index (χ0n) is 14.6. The standard InChI is InChI=1S/C19H22N2O4/c1-13-4-6-14(7-5-13)18(22)20-8-9-21-19(23)15-10-16(24-2)12-17(11-15)25-3/h4-7,10-12H,8-9H2,1-3H3,(H,20,22)(H,21,23). The smallest absolute Gasteiger partial charge is 0.251 e. The Morgan fingerprint density at radius 1 is 0.800 bits per heavy atom. The van der Waals surface area contributed by atoms with Crippen LogP contribution in [0.1, 0.15) is 26.3 Å². The molecule has 0 bridgehead atoms. The second-order valence-corrected chi connectivity index (χ2v) is 5.48. The fourth-order valence-corrected chi connectivity index (χ4v) is 2.20. The quantitative estimate of drug-likeness (QED) is 0.756. The number of amides is 2. The van der Waals surface area contributed by atoms with Crippen molar-refractivity contribution in [2.24, 2.45) is 0 Å². The summed E-state index contributed by atoms with van der Waals surface area (Å²) in [5.74, 6) is 0.647. The Balaban J connectivity index is 1.84. The van der Waals surface area contributed by atoms with Crippen LogP contribution in [-0.4, -0.2) is 39.1 Å². The van der Waals surface area contributed by atoms with Crippen molar-refractivity contribution >= 4 is 11.8 Å². The van der Waals surface area contributed by atoms with Crippen molar-refractivity contribution in [3.05, 3.63) is 59.2 Å². The minimum Gasteiger partial charge on any atom is -0.497 e. The minimum atomic E-state index is -0.262. The van der Waals surface area contributed by atoms with E-state index in [1.807, 2.05) is 19.1 Å². The monoisotopic (exact) mass is 342 g/mol. The molecule has 0 aromatic heterocycles. The molecule has 2 aromatic carbocycles. The van der Waals surface area contributed by atoms with Crippen LogP contribution in [0.3, 0.4) is 0 Å². The molecule has 0 atom stereocenters. The van der Waals surface area contributed by atoms with Crippen LogP contribution in [0, 0.1) is 6.92 Å². The van der Waals surface area contributed by atoms with Crippen molar-refractivity contribution in [1.29, 1.82) is 0 Å². The third-order valence-corrected chi connectivity index (χ3v) is 3.62. The van der Waals surface area contributed by atoms with Gasteiger partial charge in [0, 0.05) is 30.3 Å². The van der Waals surface area contributed by atoms with E-state index in [-0.39, 0.29) is 11.8 Å². The molecule has 0 aliphatic heterocycles. The topological polar surface area (TPSA) is 76.7 Å². The van der Waals surface area contributed by atoms with Crippen molar-refractivity contribution in [3.63, 3.8) is 0 Å². The SMILES string of the molecule is COc1cc(OC)cc(C(=O)NCCNC(=O)c2ccc(C)cc2)c1. The lowest BCUT2D eigenvalue weighted by atomic mass is 10.1. The lowest BCUT2D eigenvalue weighted by Gasteiger charge is -2.10. The number of hydrogen-bond donors (Lipinski definition) is 2. The molecule has 0 saturated heterocycles. The zero-order valence-corrected chi connectivity index (χ0v) is 14.6. The van der Waals surface area contributed by atoms with Crippen LogP contribution in [0.15, 0.2) is 42.5 Å². The normalized spacial score (nSPS) is 10.0. The van der Waals surface area contributed by atoms with Crippen LogP contribution in [0.25, 0.3) is 0 Å². The minimum absolute atomic E-state index is 0.169. The van der Waals surface area contributed by atoms with E-state index in [1.54, 1.807) is 30.3 Å². The molecule has 25 heavy (non-hydrogen) atoms. The molecule has 0 spiro atoms. The van der Waals surface area contributed by atoms with E-state index >= 15 is 0 Å². The number of benzene rings is 2. The van der Waals surface area contributed by atoms with Gasteiger partial charge in [0.25, 0.3) is 11.8 Å². The lowest BCUT2D eigenvalue weighted by Crippen LogP contribution is -2.34. The molecule has 0 unspecified atom stereocenters. The van der Waals surface area contributed by atoms with Crippen LogP contribution in [0.4, 0.5) is 0 Å². The molecular weight excluding hydrogens is 320 g/mol. The van der Waals surface area contributed by atoms with E-state index in [1.165, 1.54) is 14.2 Å². The Hall–Kier alpha value is -3.02. The second kappa shape index (κ2) is 8.73. The second-order valence-electron chi connectivity index (χ2n) is 5.48. The Labute approximate surface area is 147 Å². The summed E-state index contributed by atoms with van der Waals surface area (Å²) in [6.07, 6.45) is 0. The number of methoxy groups -OCH3 is 2. The maximum atomic E-state index is 12.2. The summed E-state index contributed by atoms with van der Waals surface area (Å²) in [6.45, 7) is 2.61. The van der Waals surface area contributed by atoms with Crippen molar-refractivity contribution in [3.8, 4) is 11.5 Å². The maximum absolute atomic E-state index is 12.2. The molecule has 2 amide bonds. The van der Waals surface area contributed by atoms with Gasteiger partial charge in [-0.25, -0.2) is 0 Å². The van der Waals surface area contributed by atoms with Gasteiger partial charge in [-0.15, -0.1) is 0 Å². The van der Waals surface area contributed by atoms with E-state index in [4.69, 9.17) is 9.47 Å². The highest BCUT2D eigenvalue weighted by Crippen LogP contribution is 2.22. The average Bonchev–Trinajstić information content (AvgIpc) is 2.64. The Morgan fingerprint density at radius 3 is 1.76 bits per heavy atom.